The molecule has 0 aliphatic rings. The van der Waals surface area contributed by atoms with Gasteiger partial charge in [-0.1, -0.05) is 62.9 Å². The van der Waals surface area contributed by atoms with E-state index in [9.17, 15) is 19.5 Å². The fraction of sp³-hybridized carbons (Fsp3) is 0.654. The fourth-order valence-corrected chi connectivity index (χ4v) is 3.44. The predicted octanol–water partition coefficient (Wildman–Crippen LogP) is 3.86. The van der Waals surface area contributed by atoms with Crippen LogP contribution >= 0.6 is 0 Å². The third-order valence-corrected chi connectivity index (χ3v) is 5.24. The minimum absolute atomic E-state index is 0.279. The first-order chi connectivity index (χ1) is 16.0. The minimum atomic E-state index is -1.23. The second-order valence-electron chi connectivity index (χ2n) is 9.58. The molecule has 2 atom stereocenters. The smallest absolute Gasteiger partial charge is 0.408 e. The van der Waals surface area contributed by atoms with Crippen molar-refractivity contribution in [1.82, 2.24) is 15.5 Å². The van der Waals surface area contributed by atoms with Gasteiger partial charge in [-0.25, -0.2) is 4.79 Å². The van der Waals surface area contributed by atoms with Crippen LogP contribution in [0.2, 0.25) is 0 Å². The Morgan fingerprint density at radius 3 is 2.18 bits per heavy atom. The molecule has 3 amide bonds. The standard InChI is InChI=1S/C26H43N3O5/c1-7-9-11-16-27-23(31)22(20-14-12-19(3)13-15-20)29(17-10-8-2)24(32)21(18-30)28-25(33)34-26(4,5)6/h12-15,21-22,30H,7-11,16-18H2,1-6H3,(H,27,31)(H,28,33). The van der Waals surface area contributed by atoms with E-state index in [1.807, 2.05) is 38.1 Å². The zero-order valence-electron chi connectivity index (χ0n) is 21.6. The maximum absolute atomic E-state index is 13.6. The molecule has 0 bridgehead atoms. The lowest BCUT2D eigenvalue weighted by molar-refractivity contribution is -0.143. The lowest BCUT2D eigenvalue weighted by Gasteiger charge is -2.34. The number of alkyl carbamates (subject to hydrolysis) is 1. The van der Waals surface area contributed by atoms with Crippen molar-refractivity contribution in [2.45, 2.75) is 91.3 Å². The molecular formula is C26H43N3O5. The molecule has 0 saturated heterocycles. The number of nitrogens with one attached hydrogen (secondary N) is 2. The van der Waals surface area contributed by atoms with E-state index in [4.69, 9.17) is 4.74 Å². The molecule has 0 aliphatic heterocycles. The SMILES string of the molecule is CCCCCNC(=O)C(c1ccc(C)cc1)N(CCCC)C(=O)C(CO)NC(=O)OC(C)(C)C. The molecule has 0 radical (unpaired) electrons. The van der Waals surface area contributed by atoms with Crippen LogP contribution in [0.1, 0.15) is 83.9 Å². The summed E-state index contributed by atoms with van der Waals surface area (Å²) in [6.07, 6.45) is 3.57. The zero-order chi connectivity index (χ0) is 25.7. The van der Waals surface area contributed by atoms with Gasteiger partial charge in [0.1, 0.15) is 17.7 Å². The maximum Gasteiger partial charge on any atom is 0.408 e. The quantitative estimate of drug-likeness (QED) is 0.374. The first-order valence-electron chi connectivity index (χ1n) is 12.3. The number of benzene rings is 1. The van der Waals surface area contributed by atoms with E-state index in [2.05, 4.69) is 17.6 Å². The second kappa shape index (κ2) is 14.6. The van der Waals surface area contributed by atoms with Crippen molar-refractivity contribution >= 4 is 17.9 Å². The molecular weight excluding hydrogens is 434 g/mol. The first-order valence-corrected chi connectivity index (χ1v) is 12.3. The number of carbonyl (C=O) groups is 3. The van der Waals surface area contributed by atoms with E-state index in [-0.39, 0.29) is 5.91 Å². The molecule has 0 saturated carbocycles. The van der Waals surface area contributed by atoms with E-state index in [0.29, 0.717) is 25.1 Å². The van der Waals surface area contributed by atoms with Gasteiger partial charge < -0.3 is 25.4 Å². The van der Waals surface area contributed by atoms with Gasteiger partial charge in [0.25, 0.3) is 0 Å². The summed E-state index contributed by atoms with van der Waals surface area (Å²) in [5, 5.41) is 15.4. The Hall–Kier alpha value is -2.61. The van der Waals surface area contributed by atoms with Crippen LogP contribution in [0.25, 0.3) is 0 Å². The van der Waals surface area contributed by atoms with Gasteiger partial charge in [0.05, 0.1) is 6.61 Å². The number of unbranched alkanes of at least 4 members (excludes halogenated alkanes) is 3. The van der Waals surface area contributed by atoms with Gasteiger partial charge in [-0.3, -0.25) is 9.59 Å². The Morgan fingerprint density at radius 1 is 1.03 bits per heavy atom. The van der Waals surface area contributed by atoms with Gasteiger partial charge in [-0.05, 0) is 46.1 Å². The highest BCUT2D eigenvalue weighted by atomic mass is 16.6. The number of aliphatic hydroxyl groups is 1. The van der Waals surface area contributed by atoms with E-state index < -0.39 is 36.3 Å². The highest BCUT2D eigenvalue weighted by Gasteiger charge is 2.35. The number of rotatable bonds is 13. The highest BCUT2D eigenvalue weighted by Crippen LogP contribution is 2.24. The van der Waals surface area contributed by atoms with Crippen LogP contribution in [0.15, 0.2) is 24.3 Å². The van der Waals surface area contributed by atoms with Crippen LogP contribution in [-0.2, 0) is 14.3 Å². The van der Waals surface area contributed by atoms with Gasteiger partial charge in [-0.15, -0.1) is 0 Å². The summed E-state index contributed by atoms with van der Waals surface area (Å²) >= 11 is 0. The summed E-state index contributed by atoms with van der Waals surface area (Å²) in [6.45, 7) is 11.4. The van der Waals surface area contributed by atoms with Crippen LogP contribution in [-0.4, -0.2) is 59.3 Å². The molecule has 0 aliphatic carbocycles. The van der Waals surface area contributed by atoms with Crippen molar-refractivity contribution in [1.29, 1.82) is 0 Å². The summed E-state index contributed by atoms with van der Waals surface area (Å²) in [5.74, 6) is -0.811. The molecule has 0 aromatic heterocycles. The molecule has 192 valence electrons. The predicted molar refractivity (Wildman–Crippen MR) is 133 cm³/mol. The molecule has 0 spiro atoms. The Kier molecular flexibility index (Phi) is 12.6. The van der Waals surface area contributed by atoms with Gasteiger partial charge in [0.2, 0.25) is 11.8 Å². The third kappa shape index (κ3) is 10.1. The van der Waals surface area contributed by atoms with Crippen LogP contribution < -0.4 is 10.6 Å². The van der Waals surface area contributed by atoms with Gasteiger partial charge in [0.15, 0.2) is 0 Å². The average Bonchev–Trinajstić information content (AvgIpc) is 2.77. The summed E-state index contributed by atoms with van der Waals surface area (Å²) in [4.78, 5) is 40.7. The van der Waals surface area contributed by atoms with E-state index in [1.54, 1.807) is 20.8 Å². The van der Waals surface area contributed by atoms with Gasteiger partial charge >= 0.3 is 6.09 Å². The van der Waals surface area contributed by atoms with Crippen molar-refractivity contribution in [2.75, 3.05) is 19.7 Å². The summed E-state index contributed by atoms with van der Waals surface area (Å²) in [5.41, 5.74) is 0.965. The van der Waals surface area contributed by atoms with Crippen molar-refractivity contribution in [3.05, 3.63) is 35.4 Å². The second-order valence-corrected chi connectivity index (χ2v) is 9.58. The van der Waals surface area contributed by atoms with Crippen LogP contribution in [0.5, 0.6) is 0 Å². The Balaban J connectivity index is 3.26. The monoisotopic (exact) mass is 477 g/mol. The maximum atomic E-state index is 13.6. The third-order valence-electron chi connectivity index (χ3n) is 5.24. The van der Waals surface area contributed by atoms with Crippen molar-refractivity contribution in [3.8, 4) is 0 Å². The number of hydrogen-bond acceptors (Lipinski definition) is 5. The molecule has 3 N–H and O–H groups in total. The van der Waals surface area contributed by atoms with Crippen LogP contribution in [0, 0.1) is 6.92 Å². The van der Waals surface area contributed by atoms with Gasteiger partial charge in [0, 0.05) is 13.1 Å². The summed E-state index contributed by atoms with van der Waals surface area (Å²) < 4.78 is 5.25. The molecule has 0 heterocycles. The van der Waals surface area contributed by atoms with Gasteiger partial charge in [-0.2, -0.15) is 0 Å². The Labute approximate surface area is 204 Å². The zero-order valence-corrected chi connectivity index (χ0v) is 21.6. The molecule has 2 unspecified atom stereocenters. The average molecular weight is 478 g/mol. The Morgan fingerprint density at radius 2 is 1.65 bits per heavy atom. The molecule has 34 heavy (non-hydrogen) atoms. The lowest BCUT2D eigenvalue weighted by atomic mass is 10.0. The number of hydrogen-bond donors (Lipinski definition) is 3. The lowest BCUT2D eigenvalue weighted by Crippen LogP contribution is -2.54. The number of aliphatic hydroxyl groups excluding tert-OH is 1. The molecule has 8 heteroatoms. The molecule has 0 fully saturated rings. The van der Waals surface area contributed by atoms with E-state index in [0.717, 1.165) is 31.2 Å². The van der Waals surface area contributed by atoms with Crippen molar-refractivity contribution < 1.29 is 24.2 Å². The van der Waals surface area contributed by atoms with Crippen LogP contribution in [0.4, 0.5) is 4.79 Å². The topological polar surface area (TPSA) is 108 Å². The number of carbonyl (C=O) groups excluding carboxylic acids is 3. The number of amides is 3. The number of nitrogens with zero attached hydrogens (tertiary/aromatic N) is 1. The van der Waals surface area contributed by atoms with Crippen molar-refractivity contribution in [2.24, 2.45) is 0 Å². The highest BCUT2D eigenvalue weighted by molar-refractivity contribution is 5.92. The van der Waals surface area contributed by atoms with E-state index in [1.165, 1.54) is 4.90 Å². The normalized spacial score (nSPS) is 13.0. The first kappa shape index (κ1) is 29.4. The molecule has 1 aromatic rings. The molecule has 1 rings (SSSR count). The summed E-state index contributed by atoms with van der Waals surface area (Å²) in [6, 6.07) is 5.37. The fourth-order valence-electron chi connectivity index (χ4n) is 3.44. The number of aryl methyl sites for hydroxylation is 1. The molecule has 1 aromatic carbocycles. The summed E-state index contributed by atoms with van der Waals surface area (Å²) in [7, 11) is 0. The van der Waals surface area contributed by atoms with E-state index >= 15 is 0 Å². The number of ether oxygens (including phenoxy) is 1. The van der Waals surface area contributed by atoms with Crippen molar-refractivity contribution in [3.63, 3.8) is 0 Å². The Bertz CT molecular complexity index is 774. The molecule has 8 nitrogen and oxygen atoms in total. The largest absolute Gasteiger partial charge is 0.444 e. The minimum Gasteiger partial charge on any atom is -0.444 e. The van der Waals surface area contributed by atoms with Crippen LogP contribution in [0.3, 0.4) is 0 Å².